The molecule has 1 aromatic carbocycles. The Balaban J connectivity index is 2.04. The smallest absolute Gasteiger partial charge is 0.344 e. The van der Waals surface area contributed by atoms with Crippen molar-refractivity contribution in [1.29, 1.82) is 0 Å². The predicted octanol–water partition coefficient (Wildman–Crippen LogP) is 2.65. The van der Waals surface area contributed by atoms with E-state index in [0.29, 0.717) is 17.9 Å². The highest BCUT2D eigenvalue weighted by molar-refractivity contribution is 5.71. The lowest BCUT2D eigenvalue weighted by Gasteiger charge is -2.14. The Morgan fingerprint density at radius 2 is 2.26 bits per heavy atom. The molecular weight excluding hydrogens is 296 g/mol. The molecule has 1 N–H and O–H groups in total. The number of carbonyl (C=O) groups excluding carboxylic acids is 1. The van der Waals surface area contributed by atoms with Crippen molar-refractivity contribution in [3.63, 3.8) is 0 Å². The second kappa shape index (κ2) is 8.33. The normalized spacial score (nSPS) is 12.0. The van der Waals surface area contributed by atoms with Gasteiger partial charge in [0.2, 0.25) is 0 Å². The summed E-state index contributed by atoms with van der Waals surface area (Å²) in [6, 6.07) is 7.05. The SMILES string of the molecule is CCCCOC(=O)COc1ccc(-n2cccn2)c([C@@H](C)O)c1. The van der Waals surface area contributed by atoms with E-state index in [9.17, 15) is 9.90 Å². The summed E-state index contributed by atoms with van der Waals surface area (Å²) in [4.78, 5) is 11.6. The molecule has 2 rings (SSSR count). The highest BCUT2D eigenvalue weighted by Crippen LogP contribution is 2.26. The zero-order valence-electron chi connectivity index (χ0n) is 13.4. The van der Waals surface area contributed by atoms with Gasteiger partial charge in [0, 0.05) is 18.0 Å². The van der Waals surface area contributed by atoms with Crippen LogP contribution in [0.3, 0.4) is 0 Å². The number of unbranched alkanes of at least 4 members (excludes halogenated alkanes) is 1. The van der Waals surface area contributed by atoms with Crippen LogP contribution in [-0.2, 0) is 9.53 Å². The molecule has 1 aromatic heterocycles. The molecule has 2 aromatic rings. The second-order valence-corrected chi connectivity index (χ2v) is 5.21. The van der Waals surface area contributed by atoms with Crippen LogP contribution in [0.2, 0.25) is 0 Å². The molecule has 0 aliphatic heterocycles. The minimum absolute atomic E-state index is 0.149. The zero-order valence-corrected chi connectivity index (χ0v) is 13.4. The summed E-state index contributed by atoms with van der Waals surface area (Å²) in [6.07, 6.45) is 4.60. The lowest BCUT2D eigenvalue weighted by Crippen LogP contribution is -2.15. The number of hydrogen-bond donors (Lipinski definition) is 1. The van der Waals surface area contributed by atoms with Crippen molar-refractivity contribution in [1.82, 2.24) is 9.78 Å². The van der Waals surface area contributed by atoms with Gasteiger partial charge in [-0.1, -0.05) is 13.3 Å². The van der Waals surface area contributed by atoms with Crippen molar-refractivity contribution in [2.24, 2.45) is 0 Å². The van der Waals surface area contributed by atoms with Gasteiger partial charge in [0.25, 0.3) is 0 Å². The van der Waals surface area contributed by atoms with Gasteiger partial charge in [-0.15, -0.1) is 0 Å². The summed E-state index contributed by atoms with van der Waals surface area (Å²) in [5.74, 6) is 0.109. The monoisotopic (exact) mass is 318 g/mol. The molecule has 23 heavy (non-hydrogen) atoms. The van der Waals surface area contributed by atoms with E-state index in [4.69, 9.17) is 9.47 Å². The summed E-state index contributed by atoms with van der Waals surface area (Å²) >= 11 is 0. The van der Waals surface area contributed by atoms with Crippen molar-refractivity contribution in [3.05, 3.63) is 42.2 Å². The van der Waals surface area contributed by atoms with Crippen molar-refractivity contribution in [2.45, 2.75) is 32.8 Å². The predicted molar refractivity (Wildman–Crippen MR) is 85.6 cm³/mol. The number of aromatic nitrogens is 2. The Morgan fingerprint density at radius 3 is 2.91 bits per heavy atom. The Hall–Kier alpha value is -2.34. The van der Waals surface area contributed by atoms with Crippen LogP contribution in [-0.4, -0.2) is 34.1 Å². The van der Waals surface area contributed by atoms with Crippen LogP contribution in [0.1, 0.15) is 38.4 Å². The lowest BCUT2D eigenvalue weighted by molar-refractivity contribution is -0.146. The van der Waals surface area contributed by atoms with Gasteiger partial charge in [-0.25, -0.2) is 9.48 Å². The maximum Gasteiger partial charge on any atom is 0.344 e. The van der Waals surface area contributed by atoms with Crippen LogP contribution in [0.5, 0.6) is 5.75 Å². The quantitative estimate of drug-likeness (QED) is 0.598. The van der Waals surface area contributed by atoms with E-state index in [-0.39, 0.29) is 6.61 Å². The van der Waals surface area contributed by atoms with Gasteiger partial charge in [0.15, 0.2) is 6.61 Å². The van der Waals surface area contributed by atoms with Crippen molar-refractivity contribution in [2.75, 3.05) is 13.2 Å². The number of benzene rings is 1. The second-order valence-electron chi connectivity index (χ2n) is 5.21. The maximum atomic E-state index is 11.6. The van der Waals surface area contributed by atoms with Crippen LogP contribution >= 0.6 is 0 Å². The number of hydrogen-bond acceptors (Lipinski definition) is 5. The Kier molecular flexibility index (Phi) is 6.17. The molecule has 124 valence electrons. The number of aliphatic hydroxyl groups excluding tert-OH is 1. The van der Waals surface area contributed by atoms with Crippen LogP contribution in [0.25, 0.3) is 5.69 Å². The molecule has 0 saturated carbocycles. The first-order valence-electron chi connectivity index (χ1n) is 7.72. The molecule has 1 atom stereocenters. The van der Waals surface area contributed by atoms with Crippen molar-refractivity contribution in [3.8, 4) is 11.4 Å². The first-order valence-corrected chi connectivity index (χ1v) is 7.72. The topological polar surface area (TPSA) is 73.6 Å². The molecule has 6 heteroatoms. The highest BCUT2D eigenvalue weighted by Gasteiger charge is 2.12. The zero-order chi connectivity index (χ0) is 16.7. The number of esters is 1. The lowest BCUT2D eigenvalue weighted by atomic mass is 10.1. The van der Waals surface area contributed by atoms with E-state index in [0.717, 1.165) is 18.5 Å². The van der Waals surface area contributed by atoms with E-state index in [1.54, 1.807) is 42.2 Å². The molecular formula is C17H22N2O4. The molecule has 1 heterocycles. The number of rotatable bonds is 8. The number of nitrogens with zero attached hydrogens (tertiary/aromatic N) is 2. The Bertz CT molecular complexity index is 624. The first-order chi connectivity index (χ1) is 11.1. The van der Waals surface area contributed by atoms with E-state index < -0.39 is 12.1 Å². The third-order valence-electron chi connectivity index (χ3n) is 3.32. The van der Waals surface area contributed by atoms with E-state index in [1.165, 1.54) is 0 Å². The fourth-order valence-corrected chi connectivity index (χ4v) is 2.09. The van der Waals surface area contributed by atoms with Crippen molar-refractivity contribution < 1.29 is 19.4 Å². The standard InChI is InChI=1S/C17H22N2O4/c1-3-4-10-22-17(21)12-23-14-6-7-16(15(11-14)13(2)20)19-9-5-8-18-19/h5-9,11,13,20H,3-4,10,12H2,1-2H3/t13-/m1/s1. The fourth-order valence-electron chi connectivity index (χ4n) is 2.09. The van der Waals surface area contributed by atoms with Gasteiger partial charge in [0.05, 0.1) is 18.4 Å². The molecule has 0 radical (unpaired) electrons. The van der Waals surface area contributed by atoms with E-state index in [1.807, 2.05) is 13.0 Å². The average Bonchev–Trinajstić information content (AvgIpc) is 3.07. The number of ether oxygens (including phenoxy) is 2. The summed E-state index contributed by atoms with van der Waals surface area (Å²) in [5.41, 5.74) is 1.44. The molecule has 0 amide bonds. The maximum absolute atomic E-state index is 11.6. The third-order valence-corrected chi connectivity index (χ3v) is 3.32. The van der Waals surface area contributed by atoms with Crippen LogP contribution < -0.4 is 4.74 Å². The molecule has 0 saturated heterocycles. The highest BCUT2D eigenvalue weighted by atomic mass is 16.6. The molecule has 0 aliphatic rings. The first kappa shape index (κ1) is 17.0. The van der Waals surface area contributed by atoms with Crippen LogP contribution in [0.15, 0.2) is 36.7 Å². The fraction of sp³-hybridized carbons (Fsp3) is 0.412. The minimum atomic E-state index is -0.686. The minimum Gasteiger partial charge on any atom is -0.482 e. The van der Waals surface area contributed by atoms with E-state index >= 15 is 0 Å². The van der Waals surface area contributed by atoms with Gasteiger partial charge in [-0.05, 0) is 37.6 Å². The molecule has 0 bridgehead atoms. The largest absolute Gasteiger partial charge is 0.482 e. The number of aliphatic hydroxyl groups is 1. The summed E-state index contributed by atoms with van der Waals surface area (Å²) in [7, 11) is 0. The Labute approximate surface area is 135 Å². The summed E-state index contributed by atoms with van der Waals surface area (Å²) in [6.45, 7) is 3.97. The van der Waals surface area contributed by atoms with Crippen LogP contribution in [0, 0.1) is 0 Å². The van der Waals surface area contributed by atoms with Gasteiger partial charge in [-0.2, -0.15) is 5.10 Å². The molecule has 0 aliphatic carbocycles. The summed E-state index contributed by atoms with van der Waals surface area (Å²) < 4.78 is 12.2. The van der Waals surface area contributed by atoms with Crippen LogP contribution in [0.4, 0.5) is 0 Å². The number of carbonyl (C=O) groups is 1. The summed E-state index contributed by atoms with van der Waals surface area (Å²) in [5, 5.41) is 14.1. The molecule has 0 spiro atoms. The van der Waals surface area contributed by atoms with Crippen molar-refractivity contribution >= 4 is 5.97 Å². The Morgan fingerprint density at radius 1 is 1.43 bits per heavy atom. The van der Waals surface area contributed by atoms with Gasteiger partial charge >= 0.3 is 5.97 Å². The van der Waals surface area contributed by atoms with E-state index in [2.05, 4.69) is 5.10 Å². The van der Waals surface area contributed by atoms with Gasteiger partial charge in [0.1, 0.15) is 5.75 Å². The van der Waals surface area contributed by atoms with Gasteiger partial charge < -0.3 is 14.6 Å². The third kappa shape index (κ3) is 4.82. The van der Waals surface area contributed by atoms with Gasteiger partial charge in [-0.3, -0.25) is 0 Å². The molecule has 0 fully saturated rings. The molecule has 0 unspecified atom stereocenters. The molecule has 6 nitrogen and oxygen atoms in total. The average molecular weight is 318 g/mol.